The average Bonchev–Trinajstić information content (AvgIpc) is 2.29. The fourth-order valence-corrected chi connectivity index (χ4v) is 1.88. The molecule has 1 rings (SSSR count). The van der Waals surface area contributed by atoms with Crippen molar-refractivity contribution in [1.29, 1.82) is 0 Å². The Labute approximate surface area is 108 Å². The van der Waals surface area contributed by atoms with Crippen molar-refractivity contribution in [2.75, 3.05) is 6.54 Å². The van der Waals surface area contributed by atoms with E-state index in [2.05, 4.69) is 12.2 Å². The van der Waals surface area contributed by atoms with Gasteiger partial charge in [0, 0.05) is 18.0 Å². The summed E-state index contributed by atoms with van der Waals surface area (Å²) in [6.07, 6.45) is 4.74. The maximum absolute atomic E-state index is 11.4. The van der Waals surface area contributed by atoms with Crippen molar-refractivity contribution < 1.29 is 4.79 Å². The second kappa shape index (κ2) is 8.13. The van der Waals surface area contributed by atoms with Crippen LogP contribution in [-0.2, 0) is 11.2 Å². The number of halogens is 1. The molecule has 0 atom stereocenters. The third kappa shape index (κ3) is 6.32. The molecular weight excluding hydrogens is 234 g/mol. The zero-order valence-electron chi connectivity index (χ0n) is 10.3. The lowest BCUT2D eigenvalue weighted by molar-refractivity contribution is -0.121. The van der Waals surface area contributed by atoms with Gasteiger partial charge in [0.05, 0.1) is 0 Å². The first kappa shape index (κ1) is 14.0. The Balaban J connectivity index is 2.17. The van der Waals surface area contributed by atoms with E-state index in [4.69, 9.17) is 11.6 Å². The van der Waals surface area contributed by atoms with Gasteiger partial charge in [0.25, 0.3) is 0 Å². The maximum Gasteiger partial charge on any atom is 0.220 e. The molecule has 0 unspecified atom stereocenters. The van der Waals surface area contributed by atoms with Crippen LogP contribution >= 0.6 is 11.6 Å². The van der Waals surface area contributed by atoms with E-state index in [1.165, 1.54) is 0 Å². The Morgan fingerprint density at radius 2 is 2.18 bits per heavy atom. The number of benzene rings is 1. The summed E-state index contributed by atoms with van der Waals surface area (Å²) in [7, 11) is 0. The molecule has 1 aromatic rings. The van der Waals surface area contributed by atoms with Gasteiger partial charge in [-0.25, -0.2) is 0 Å². The Morgan fingerprint density at radius 1 is 1.35 bits per heavy atom. The van der Waals surface area contributed by atoms with Crippen LogP contribution in [0.1, 0.15) is 38.2 Å². The van der Waals surface area contributed by atoms with E-state index in [0.29, 0.717) is 13.0 Å². The predicted molar refractivity (Wildman–Crippen MR) is 72.3 cm³/mol. The lowest BCUT2D eigenvalue weighted by Crippen LogP contribution is -2.25. The van der Waals surface area contributed by atoms with Gasteiger partial charge in [-0.1, -0.05) is 43.5 Å². The normalized spacial score (nSPS) is 10.2. The van der Waals surface area contributed by atoms with Crippen LogP contribution in [0.3, 0.4) is 0 Å². The minimum Gasteiger partial charge on any atom is -0.356 e. The van der Waals surface area contributed by atoms with Crippen molar-refractivity contribution >= 4 is 17.5 Å². The summed E-state index contributed by atoms with van der Waals surface area (Å²) in [6, 6.07) is 7.75. The summed E-state index contributed by atoms with van der Waals surface area (Å²) < 4.78 is 0. The van der Waals surface area contributed by atoms with Crippen molar-refractivity contribution in [3.05, 3.63) is 34.9 Å². The predicted octanol–water partition coefficient (Wildman–Crippen LogP) is 3.58. The molecule has 17 heavy (non-hydrogen) atoms. The number of amides is 1. The molecular formula is C14H20ClNO. The van der Waals surface area contributed by atoms with Crippen LogP contribution in [0, 0.1) is 0 Å². The molecule has 0 saturated carbocycles. The standard InChI is InChI=1S/C14H20ClNO/c1-2-3-4-8-14(17)16-10-9-12-6-5-7-13(15)11-12/h5-7,11H,2-4,8-10H2,1H3,(H,16,17). The molecule has 1 aromatic carbocycles. The van der Waals surface area contributed by atoms with E-state index in [-0.39, 0.29) is 5.91 Å². The maximum atomic E-state index is 11.4. The summed E-state index contributed by atoms with van der Waals surface area (Å²) in [6.45, 7) is 2.82. The van der Waals surface area contributed by atoms with E-state index in [1.807, 2.05) is 24.3 Å². The number of carbonyl (C=O) groups is 1. The zero-order chi connectivity index (χ0) is 12.5. The van der Waals surface area contributed by atoms with Crippen molar-refractivity contribution in [2.45, 2.75) is 39.0 Å². The molecule has 0 fully saturated rings. The monoisotopic (exact) mass is 253 g/mol. The topological polar surface area (TPSA) is 29.1 Å². The summed E-state index contributed by atoms with van der Waals surface area (Å²) in [5.41, 5.74) is 1.16. The SMILES string of the molecule is CCCCCC(=O)NCCc1cccc(Cl)c1. The molecule has 0 aliphatic carbocycles. The quantitative estimate of drug-likeness (QED) is 0.740. The van der Waals surface area contributed by atoms with E-state index in [1.54, 1.807) is 0 Å². The largest absolute Gasteiger partial charge is 0.356 e. The van der Waals surface area contributed by atoms with E-state index in [9.17, 15) is 4.79 Å². The van der Waals surface area contributed by atoms with Crippen molar-refractivity contribution in [1.82, 2.24) is 5.32 Å². The van der Waals surface area contributed by atoms with Crippen LogP contribution in [0.25, 0.3) is 0 Å². The molecule has 1 N–H and O–H groups in total. The van der Waals surface area contributed by atoms with E-state index in [0.717, 1.165) is 36.3 Å². The van der Waals surface area contributed by atoms with E-state index >= 15 is 0 Å². The lowest BCUT2D eigenvalue weighted by atomic mass is 10.1. The Morgan fingerprint density at radius 3 is 2.88 bits per heavy atom. The fourth-order valence-electron chi connectivity index (χ4n) is 1.66. The molecule has 0 aliphatic rings. The van der Waals surface area contributed by atoms with Crippen LogP contribution in [0.4, 0.5) is 0 Å². The lowest BCUT2D eigenvalue weighted by Gasteiger charge is -2.05. The van der Waals surface area contributed by atoms with Gasteiger partial charge in [-0.15, -0.1) is 0 Å². The highest BCUT2D eigenvalue weighted by Crippen LogP contribution is 2.10. The number of hydrogen-bond acceptors (Lipinski definition) is 1. The highest BCUT2D eigenvalue weighted by atomic mass is 35.5. The fraction of sp³-hybridized carbons (Fsp3) is 0.500. The number of hydrogen-bond donors (Lipinski definition) is 1. The molecule has 0 aliphatic heterocycles. The van der Waals surface area contributed by atoms with Gasteiger partial charge < -0.3 is 5.32 Å². The van der Waals surface area contributed by atoms with Crippen molar-refractivity contribution in [2.24, 2.45) is 0 Å². The van der Waals surface area contributed by atoms with Crippen LogP contribution in [0.2, 0.25) is 5.02 Å². The molecule has 0 aromatic heterocycles. The molecule has 0 radical (unpaired) electrons. The third-order valence-corrected chi connectivity index (χ3v) is 2.87. The minimum atomic E-state index is 0.153. The minimum absolute atomic E-state index is 0.153. The van der Waals surface area contributed by atoms with Crippen LogP contribution < -0.4 is 5.32 Å². The first-order valence-electron chi connectivity index (χ1n) is 6.23. The van der Waals surface area contributed by atoms with Gasteiger partial charge in [-0.2, -0.15) is 0 Å². The number of nitrogens with one attached hydrogen (secondary N) is 1. The highest BCUT2D eigenvalue weighted by molar-refractivity contribution is 6.30. The van der Waals surface area contributed by atoms with Gasteiger partial charge in [-0.3, -0.25) is 4.79 Å². The first-order chi connectivity index (χ1) is 8.22. The first-order valence-corrected chi connectivity index (χ1v) is 6.61. The van der Waals surface area contributed by atoms with Crippen LogP contribution in [-0.4, -0.2) is 12.5 Å². The summed E-state index contributed by atoms with van der Waals surface area (Å²) >= 11 is 5.88. The number of rotatable bonds is 7. The molecule has 3 heteroatoms. The second-order valence-corrected chi connectivity index (χ2v) is 4.62. The highest BCUT2D eigenvalue weighted by Gasteiger charge is 2.00. The van der Waals surface area contributed by atoms with Crippen LogP contribution in [0.15, 0.2) is 24.3 Å². The van der Waals surface area contributed by atoms with Crippen molar-refractivity contribution in [3.8, 4) is 0 Å². The molecule has 2 nitrogen and oxygen atoms in total. The molecule has 0 spiro atoms. The van der Waals surface area contributed by atoms with Crippen molar-refractivity contribution in [3.63, 3.8) is 0 Å². The summed E-state index contributed by atoms with van der Waals surface area (Å²) in [5, 5.41) is 3.67. The van der Waals surface area contributed by atoms with Gasteiger partial charge in [0.15, 0.2) is 0 Å². The Kier molecular flexibility index (Phi) is 6.71. The Bertz CT molecular complexity index is 352. The number of carbonyl (C=O) groups excluding carboxylic acids is 1. The number of unbranched alkanes of at least 4 members (excludes halogenated alkanes) is 2. The third-order valence-electron chi connectivity index (χ3n) is 2.63. The van der Waals surface area contributed by atoms with Crippen LogP contribution in [0.5, 0.6) is 0 Å². The summed E-state index contributed by atoms with van der Waals surface area (Å²) in [4.78, 5) is 11.4. The molecule has 94 valence electrons. The average molecular weight is 254 g/mol. The molecule has 0 saturated heterocycles. The second-order valence-electron chi connectivity index (χ2n) is 4.19. The molecule has 0 heterocycles. The molecule has 0 bridgehead atoms. The smallest absolute Gasteiger partial charge is 0.220 e. The van der Waals surface area contributed by atoms with Gasteiger partial charge in [0.2, 0.25) is 5.91 Å². The van der Waals surface area contributed by atoms with Gasteiger partial charge in [-0.05, 0) is 30.5 Å². The van der Waals surface area contributed by atoms with Gasteiger partial charge >= 0.3 is 0 Å². The van der Waals surface area contributed by atoms with Gasteiger partial charge in [0.1, 0.15) is 0 Å². The summed E-state index contributed by atoms with van der Waals surface area (Å²) in [5.74, 6) is 0.153. The zero-order valence-corrected chi connectivity index (χ0v) is 11.1. The Hall–Kier alpha value is -1.02. The molecule has 1 amide bonds. The van der Waals surface area contributed by atoms with E-state index < -0.39 is 0 Å².